The fourth-order valence-electron chi connectivity index (χ4n) is 5.30. The monoisotopic (exact) mass is 485 g/mol. The lowest BCUT2D eigenvalue weighted by atomic mass is 9.87. The maximum Gasteiger partial charge on any atom is 0.239 e. The molecule has 0 spiro atoms. The minimum atomic E-state index is -1.16. The summed E-state index contributed by atoms with van der Waals surface area (Å²) in [4.78, 5) is 19.8. The molecule has 1 amide bonds. The van der Waals surface area contributed by atoms with E-state index < -0.39 is 11.0 Å². The summed E-state index contributed by atoms with van der Waals surface area (Å²) in [6, 6.07) is 9.95. The number of hydrogen-bond donors (Lipinski definition) is 1. The van der Waals surface area contributed by atoms with Crippen molar-refractivity contribution in [2.75, 3.05) is 39.0 Å². The number of rotatable bonds is 10. The number of imidazole rings is 1. The van der Waals surface area contributed by atoms with Crippen LogP contribution in [-0.4, -0.2) is 73.9 Å². The molecule has 1 aromatic carbocycles. The average molecular weight is 486 g/mol. The summed E-state index contributed by atoms with van der Waals surface area (Å²) >= 11 is 0. The molecule has 2 heterocycles. The quantitative estimate of drug-likeness (QED) is 0.562. The molecule has 2 atom stereocenters. The number of carbonyl (C=O) groups is 1. The number of carbonyl (C=O) groups excluding carboxylic acids is 1. The van der Waals surface area contributed by atoms with Crippen molar-refractivity contribution in [3.05, 3.63) is 54.1 Å². The van der Waals surface area contributed by atoms with Crippen molar-refractivity contribution >= 4 is 16.9 Å². The standard InChI is InChI=1S/C26H39N5O2S/c1-34(33)31-17-16-29(15-13-22-8-4-2-5-9-22)20-25(31)26(32)28-14-12-24-18-27-21-30(24)19-23-10-6-3-7-11-23/h3,6-7,10-11,18,21-22,25H,2,4-5,8-9,12-17,19-20H2,1H3,(H,28,32). The zero-order chi connectivity index (χ0) is 23.8. The SMILES string of the molecule is CS(=O)N1CCN(CCC2CCCCC2)CC1C(=O)NCCc1cncn1Cc1ccccc1. The minimum Gasteiger partial charge on any atom is -0.354 e. The number of aromatic nitrogens is 2. The third-order valence-electron chi connectivity index (χ3n) is 7.30. The van der Waals surface area contributed by atoms with Crippen molar-refractivity contribution in [1.82, 2.24) is 24.1 Å². The number of piperazine rings is 1. The maximum atomic E-state index is 13.1. The molecule has 1 N–H and O–H groups in total. The van der Waals surface area contributed by atoms with Gasteiger partial charge in [0.1, 0.15) is 6.04 Å². The smallest absolute Gasteiger partial charge is 0.239 e. The van der Waals surface area contributed by atoms with E-state index in [2.05, 4.69) is 31.9 Å². The zero-order valence-corrected chi connectivity index (χ0v) is 21.2. The fraction of sp³-hybridized carbons (Fsp3) is 0.615. The lowest BCUT2D eigenvalue weighted by Crippen LogP contribution is -2.59. The first kappa shape index (κ1) is 25.1. The fourth-order valence-corrected chi connectivity index (χ4v) is 6.16. The number of nitrogens with one attached hydrogen (secondary N) is 1. The second kappa shape index (κ2) is 12.6. The Hall–Kier alpha value is -2.03. The van der Waals surface area contributed by atoms with Gasteiger partial charge < -0.3 is 9.88 Å². The molecule has 1 saturated carbocycles. The van der Waals surface area contributed by atoms with Gasteiger partial charge in [0, 0.05) is 57.3 Å². The molecule has 8 heteroatoms. The topological polar surface area (TPSA) is 70.5 Å². The summed E-state index contributed by atoms with van der Waals surface area (Å²) in [5.41, 5.74) is 2.32. The van der Waals surface area contributed by atoms with Gasteiger partial charge in [-0.05, 0) is 24.4 Å². The van der Waals surface area contributed by atoms with Crippen LogP contribution in [0.2, 0.25) is 0 Å². The summed E-state index contributed by atoms with van der Waals surface area (Å²) in [6.45, 7) is 4.57. The lowest BCUT2D eigenvalue weighted by molar-refractivity contribution is -0.126. The Morgan fingerprint density at radius 2 is 1.94 bits per heavy atom. The van der Waals surface area contributed by atoms with Gasteiger partial charge >= 0.3 is 0 Å². The lowest BCUT2D eigenvalue weighted by Gasteiger charge is -2.39. The van der Waals surface area contributed by atoms with Crippen LogP contribution >= 0.6 is 0 Å². The molecule has 4 rings (SSSR count). The van der Waals surface area contributed by atoms with E-state index in [0.29, 0.717) is 26.1 Å². The van der Waals surface area contributed by atoms with E-state index in [1.54, 1.807) is 6.26 Å². The second-order valence-corrected chi connectivity index (χ2v) is 11.0. The zero-order valence-electron chi connectivity index (χ0n) is 20.4. The average Bonchev–Trinajstić information content (AvgIpc) is 3.30. The van der Waals surface area contributed by atoms with Gasteiger partial charge in [-0.1, -0.05) is 62.4 Å². The highest BCUT2D eigenvalue weighted by molar-refractivity contribution is 7.81. The largest absolute Gasteiger partial charge is 0.354 e. The molecule has 0 bridgehead atoms. The van der Waals surface area contributed by atoms with Crippen molar-refractivity contribution < 1.29 is 9.00 Å². The van der Waals surface area contributed by atoms with E-state index in [1.807, 2.05) is 35.0 Å². The van der Waals surface area contributed by atoms with Crippen LogP contribution in [0.1, 0.15) is 49.8 Å². The Balaban J connectivity index is 1.28. The van der Waals surface area contributed by atoms with Gasteiger partial charge in [-0.2, -0.15) is 0 Å². The Morgan fingerprint density at radius 1 is 1.15 bits per heavy atom. The van der Waals surface area contributed by atoms with E-state index in [9.17, 15) is 9.00 Å². The molecule has 186 valence electrons. The van der Waals surface area contributed by atoms with Gasteiger partial charge in [0.15, 0.2) is 0 Å². The summed E-state index contributed by atoms with van der Waals surface area (Å²) in [6.07, 6.45) is 14.1. The molecule has 1 aliphatic heterocycles. The second-order valence-electron chi connectivity index (χ2n) is 9.71. The first-order valence-corrected chi connectivity index (χ1v) is 14.2. The summed E-state index contributed by atoms with van der Waals surface area (Å²) in [7, 11) is -1.16. The molecular weight excluding hydrogens is 446 g/mol. The Labute approximate surface area is 206 Å². The molecule has 0 radical (unpaired) electrons. The van der Waals surface area contributed by atoms with Crippen LogP contribution in [0, 0.1) is 5.92 Å². The van der Waals surface area contributed by atoms with Crippen LogP contribution in [0.5, 0.6) is 0 Å². The van der Waals surface area contributed by atoms with E-state index in [1.165, 1.54) is 44.1 Å². The molecule has 7 nitrogen and oxygen atoms in total. The number of benzene rings is 1. The Morgan fingerprint density at radius 3 is 2.71 bits per heavy atom. The molecular formula is C26H39N5O2S. The molecule has 34 heavy (non-hydrogen) atoms. The highest BCUT2D eigenvalue weighted by Gasteiger charge is 2.34. The first-order chi connectivity index (χ1) is 16.6. The molecule has 1 aliphatic carbocycles. The number of hydrogen-bond acceptors (Lipinski definition) is 4. The van der Waals surface area contributed by atoms with Crippen LogP contribution in [0.3, 0.4) is 0 Å². The molecule has 2 fully saturated rings. The highest BCUT2D eigenvalue weighted by atomic mass is 32.2. The van der Waals surface area contributed by atoms with Gasteiger partial charge in [0.25, 0.3) is 0 Å². The first-order valence-electron chi connectivity index (χ1n) is 12.7. The predicted molar refractivity (Wildman–Crippen MR) is 137 cm³/mol. The number of amides is 1. The van der Waals surface area contributed by atoms with E-state index in [-0.39, 0.29) is 11.9 Å². The molecule has 1 aromatic heterocycles. The van der Waals surface area contributed by atoms with Crippen molar-refractivity contribution in [2.24, 2.45) is 5.92 Å². The van der Waals surface area contributed by atoms with Gasteiger partial charge in [-0.15, -0.1) is 0 Å². The van der Waals surface area contributed by atoms with Crippen LogP contribution < -0.4 is 5.32 Å². The Kier molecular flexibility index (Phi) is 9.30. The van der Waals surface area contributed by atoms with Crippen LogP contribution in [0.15, 0.2) is 42.9 Å². The normalized spacial score (nSPS) is 21.4. The maximum absolute atomic E-state index is 13.1. The van der Waals surface area contributed by atoms with Gasteiger partial charge in [0.2, 0.25) is 5.91 Å². The van der Waals surface area contributed by atoms with E-state index >= 15 is 0 Å². The van der Waals surface area contributed by atoms with Crippen LogP contribution in [0.25, 0.3) is 0 Å². The van der Waals surface area contributed by atoms with Crippen molar-refractivity contribution in [3.63, 3.8) is 0 Å². The Bertz CT molecular complexity index is 928. The molecule has 1 saturated heterocycles. The summed E-state index contributed by atoms with van der Waals surface area (Å²) < 4.78 is 16.3. The van der Waals surface area contributed by atoms with E-state index in [4.69, 9.17) is 0 Å². The van der Waals surface area contributed by atoms with E-state index in [0.717, 1.165) is 31.2 Å². The third-order valence-corrected chi connectivity index (χ3v) is 8.40. The molecule has 2 unspecified atom stereocenters. The highest BCUT2D eigenvalue weighted by Crippen LogP contribution is 2.26. The minimum absolute atomic E-state index is 0.0216. The van der Waals surface area contributed by atoms with Crippen molar-refractivity contribution in [2.45, 2.75) is 57.5 Å². The molecule has 2 aliphatic rings. The van der Waals surface area contributed by atoms with Gasteiger partial charge in [-0.3, -0.25) is 9.69 Å². The van der Waals surface area contributed by atoms with Crippen molar-refractivity contribution in [3.8, 4) is 0 Å². The molecule has 2 aromatic rings. The van der Waals surface area contributed by atoms with Gasteiger partial charge in [-0.25, -0.2) is 13.5 Å². The van der Waals surface area contributed by atoms with Crippen LogP contribution in [-0.2, 0) is 28.7 Å². The summed E-state index contributed by atoms with van der Waals surface area (Å²) in [5, 5.41) is 3.11. The van der Waals surface area contributed by atoms with Gasteiger partial charge in [0.05, 0.1) is 17.3 Å². The summed E-state index contributed by atoms with van der Waals surface area (Å²) in [5.74, 6) is 0.812. The third kappa shape index (κ3) is 6.99. The predicted octanol–water partition coefficient (Wildman–Crippen LogP) is 2.84. The van der Waals surface area contributed by atoms with Crippen LogP contribution in [0.4, 0.5) is 0 Å². The van der Waals surface area contributed by atoms with Crippen molar-refractivity contribution in [1.29, 1.82) is 0 Å². The number of nitrogens with zero attached hydrogens (tertiary/aromatic N) is 4.